The second kappa shape index (κ2) is 9.78. The van der Waals surface area contributed by atoms with Gasteiger partial charge in [0, 0.05) is 25.9 Å². The van der Waals surface area contributed by atoms with Gasteiger partial charge in [-0.1, -0.05) is 12.1 Å². The Hall–Kier alpha value is -2.55. The van der Waals surface area contributed by atoms with E-state index >= 15 is 0 Å². The Balaban J connectivity index is 2.17. The van der Waals surface area contributed by atoms with Crippen LogP contribution in [0, 0.1) is 11.3 Å². The fraction of sp³-hybridized carbons (Fsp3) is 0.500. The molecule has 0 heterocycles. The number of allylic oxidation sites excluding steroid dienone is 1. The number of methoxy groups -OCH3 is 1. The van der Waals surface area contributed by atoms with Crippen LogP contribution in [0.3, 0.4) is 0 Å². The van der Waals surface area contributed by atoms with Crippen molar-refractivity contribution in [1.82, 2.24) is 4.90 Å². The molecule has 5 N–H and O–H groups in total. The number of benzene rings is 1. The van der Waals surface area contributed by atoms with Crippen molar-refractivity contribution in [2.24, 2.45) is 11.7 Å². The van der Waals surface area contributed by atoms with Gasteiger partial charge in [-0.2, -0.15) is 13.2 Å². The van der Waals surface area contributed by atoms with Crippen LogP contribution in [0.1, 0.15) is 31.2 Å². The maximum atomic E-state index is 12.8. The van der Waals surface area contributed by atoms with E-state index in [-0.39, 0.29) is 18.6 Å². The maximum Gasteiger partial charge on any atom is 0.430 e. The highest BCUT2D eigenvalue weighted by Crippen LogP contribution is 2.27. The van der Waals surface area contributed by atoms with Gasteiger partial charge in [0.25, 0.3) is 5.91 Å². The van der Waals surface area contributed by atoms with E-state index in [2.05, 4.69) is 0 Å². The molecule has 0 radical (unpaired) electrons. The molecule has 1 amide bonds. The average Bonchev–Trinajstić information content (AvgIpc) is 2.66. The lowest BCUT2D eigenvalue weighted by molar-refractivity contribution is -0.125. The van der Waals surface area contributed by atoms with E-state index in [4.69, 9.17) is 21.6 Å². The predicted molar refractivity (Wildman–Crippen MR) is 105 cm³/mol. The van der Waals surface area contributed by atoms with Crippen molar-refractivity contribution in [1.29, 1.82) is 5.41 Å². The molecule has 9 heteroatoms. The quantitative estimate of drug-likeness (QED) is 0.472. The summed E-state index contributed by atoms with van der Waals surface area (Å²) in [5.41, 5.74) is 9.75. The molecule has 0 unspecified atom stereocenters. The number of hydrogen-bond donors (Lipinski definition) is 3. The lowest BCUT2D eigenvalue weighted by atomic mass is 9.87. The van der Waals surface area contributed by atoms with E-state index in [1.165, 1.54) is 4.90 Å². The fourth-order valence-electron chi connectivity index (χ4n) is 3.46. The minimum absolute atomic E-state index is 0.149. The van der Waals surface area contributed by atoms with Crippen LogP contribution < -0.4 is 11.5 Å². The number of nitrogens with one attached hydrogen (secondary N) is 1. The van der Waals surface area contributed by atoms with Crippen molar-refractivity contribution in [3.63, 3.8) is 0 Å². The summed E-state index contributed by atoms with van der Waals surface area (Å²) in [5.74, 6) is -0.614. The number of rotatable bonds is 7. The minimum Gasteiger partial charge on any atom is -0.399 e. The number of nitrogens with two attached hydrogens (primary N) is 2. The Morgan fingerprint density at radius 1 is 1.31 bits per heavy atom. The Kier molecular flexibility index (Phi) is 7.66. The molecule has 0 saturated heterocycles. The third-order valence-corrected chi connectivity index (χ3v) is 5.07. The summed E-state index contributed by atoms with van der Waals surface area (Å²) >= 11 is 0. The van der Waals surface area contributed by atoms with Gasteiger partial charge in [-0.25, -0.2) is 0 Å². The SMILES string of the molecule is COC1CCC(CN(Cc2cccc(N)c2)C(=O)C(=N)C=C(N)C(F)(F)F)CC1. The number of anilines is 1. The molecular weight excluding hydrogens is 385 g/mol. The van der Waals surface area contributed by atoms with Crippen molar-refractivity contribution in [2.45, 2.75) is 44.5 Å². The maximum absolute atomic E-state index is 12.8. The highest BCUT2D eigenvalue weighted by molar-refractivity contribution is 6.42. The third-order valence-electron chi connectivity index (χ3n) is 5.07. The fourth-order valence-corrected chi connectivity index (χ4v) is 3.46. The van der Waals surface area contributed by atoms with Crippen LogP contribution in [0.15, 0.2) is 36.0 Å². The molecule has 2 rings (SSSR count). The smallest absolute Gasteiger partial charge is 0.399 e. The third kappa shape index (κ3) is 6.77. The van der Waals surface area contributed by atoms with Crippen molar-refractivity contribution in [2.75, 3.05) is 19.4 Å². The van der Waals surface area contributed by atoms with Crippen molar-refractivity contribution in [3.8, 4) is 0 Å². The molecular formula is C20H27F3N4O2. The van der Waals surface area contributed by atoms with Crippen LogP contribution in [-0.2, 0) is 16.1 Å². The van der Waals surface area contributed by atoms with E-state index in [0.717, 1.165) is 31.2 Å². The first kappa shape index (κ1) is 22.7. The molecule has 0 aliphatic heterocycles. The van der Waals surface area contributed by atoms with Gasteiger partial charge in [0.05, 0.1) is 6.10 Å². The van der Waals surface area contributed by atoms with E-state index in [0.29, 0.717) is 18.3 Å². The number of halogens is 3. The summed E-state index contributed by atoms with van der Waals surface area (Å²) in [6, 6.07) is 6.92. The minimum atomic E-state index is -4.79. The summed E-state index contributed by atoms with van der Waals surface area (Å²) in [6.07, 6.45) is -0.822. The van der Waals surface area contributed by atoms with Crippen molar-refractivity contribution in [3.05, 3.63) is 41.6 Å². The zero-order valence-corrected chi connectivity index (χ0v) is 16.3. The Bertz CT molecular complexity index is 756. The monoisotopic (exact) mass is 412 g/mol. The first-order valence-electron chi connectivity index (χ1n) is 9.39. The van der Waals surface area contributed by atoms with Gasteiger partial charge < -0.3 is 21.1 Å². The highest BCUT2D eigenvalue weighted by atomic mass is 19.4. The van der Waals surface area contributed by atoms with Crippen molar-refractivity contribution < 1.29 is 22.7 Å². The molecule has 1 aliphatic carbocycles. The standard InChI is InChI=1S/C20H27F3N4O2/c1-29-16-7-5-13(6-8-16)11-27(12-14-3-2-4-15(24)9-14)19(28)17(25)10-18(26)20(21,22)23/h2-4,9-10,13,16,25H,5-8,11-12,24,26H2,1H3. The molecule has 6 nitrogen and oxygen atoms in total. The van der Waals surface area contributed by atoms with Crippen LogP contribution in [-0.4, -0.2) is 42.5 Å². The number of nitrogen functional groups attached to an aromatic ring is 1. The lowest BCUT2D eigenvalue weighted by Crippen LogP contribution is -2.40. The number of nitrogens with zero attached hydrogens (tertiary/aromatic N) is 1. The molecule has 1 aromatic rings. The zero-order valence-electron chi connectivity index (χ0n) is 16.3. The molecule has 1 aromatic carbocycles. The molecule has 1 fully saturated rings. The Morgan fingerprint density at radius 2 is 1.97 bits per heavy atom. The number of hydrogen-bond acceptors (Lipinski definition) is 5. The van der Waals surface area contributed by atoms with Gasteiger partial charge in [-0.3, -0.25) is 10.2 Å². The summed E-state index contributed by atoms with van der Waals surface area (Å²) in [5, 5.41) is 7.83. The van der Waals surface area contributed by atoms with Crippen LogP contribution in [0.5, 0.6) is 0 Å². The van der Waals surface area contributed by atoms with Gasteiger partial charge >= 0.3 is 6.18 Å². The van der Waals surface area contributed by atoms with Gasteiger partial charge in [0.15, 0.2) is 0 Å². The van der Waals surface area contributed by atoms with E-state index in [9.17, 15) is 18.0 Å². The second-order valence-electron chi connectivity index (χ2n) is 7.32. The zero-order chi connectivity index (χ0) is 21.6. The van der Waals surface area contributed by atoms with E-state index in [1.54, 1.807) is 31.4 Å². The predicted octanol–water partition coefficient (Wildman–Crippen LogP) is 3.23. The molecule has 1 saturated carbocycles. The van der Waals surface area contributed by atoms with Crippen molar-refractivity contribution >= 4 is 17.3 Å². The van der Waals surface area contributed by atoms with Crippen LogP contribution in [0.4, 0.5) is 18.9 Å². The van der Waals surface area contributed by atoms with E-state index in [1.807, 2.05) is 0 Å². The number of carbonyl (C=O) groups excluding carboxylic acids is 1. The van der Waals surface area contributed by atoms with Gasteiger partial charge in [-0.15, -0.1) is 0 Å². The number of alkyl halides is 3. The van der Waals surface area contributed by atoms with Crippen LogP contribution >= 0.6 is 0 Å². The summed E-state index contributed by atoms with van der Waals surface area (Å²) in [4.78, 5) is 14.2. The number of amides is 1. The molecule has 0 bridgehead atoms. The average molecular weight is 412 g/mol. The molecule has 1 aliphatic rings. The Morgan fingerprint density at radius 3 is 2.52 bits per heavy atom. The summed E-state index contributed by atoms with van der Waals surface area (Å²) < 4.78 is 43.4. The molecule has 160 valence electrons. The van der Waals surface area contributed by atoms with Gasteiger partial charge in [0.2, 0.25) is 0 Å². The summed E-state index contributed by atoms with van der Waals surface area (Å²) in [7, 11) is 1.67. The summed E-state index contributed by atoms with van der Waals surface area (Å²) in [6.45, 7) is 0.489. The first-order valence-corrected chi connectivity index (χ1v) is 9.39. The molecule has 0 aromatic heterocycles. The topological polar surface area (TPSA) is 105 Å². The molecule has 29 heavy (non-hydrogen) atoms. The van der Waals surface area contributed by atoms with Gasteiger partial charge in [0.1, 0.15) is 11.4 Å². The normalized spacial score (nSPS) is 20.3. The van der Waals surface area contributed by atoms with Crippen LogP contribution in [0.25, 0.3) is 0 Å². The second-order valence-corrected chi connectivity index (χ2v) is 7.32. The lowest BCUT2D eigenvalue weighted by Gasteiger charge is -2.32. The molecule has 0 atom stereocenters. The Labute approximate surface area is 168 Å². The van der Waals surface area contributed by atoms with Gasteiger partial charge in [-0.05, 0) is 55.4 Å². The highest BCUT2D eigenvalue weighted by Gasteiger charge is 2.33. The number of carbonyl (C=O) groups is 1. The van der Waals surface area contributed by atoms with Crippen LogP contribution in [0.2, 0.25) is 0 Å². The van der Waals surface area contributed by atoms with E-state index < -0.39 is 23.5 Å². The largest absolute Gasteiger partial charge is 0.430 e. The first-order chi connectivity index (χ1) is 13.6. The molecule has 0 spiro atoms. The number of ether oxygens (including phenoxy) is 1.